The number of anilines is 1. The lowest BCUT2D eigenvalue weighted by Gasteiger charge is -2.43. The normalized spacial score (nSPS) is 18.8. The topological polar surface area (TPSA) is 113 Å². The number of carbonyl (C=O) groups is 2. The Kier molecular flexibility index (Phi) is 9.11. The number of nitrogen functional groups attached to an aromatic ring is 1. The number of alkyl halides is 3. The van der Waals surface area contributed by atoms with E-state index in [4.69, 9.17) is 27.2 Å². The lowest BCUT2D eigenvalue weighted by Crippen LogP contribution is -2.59. The number of carbonyl (C=O) groups excluding carboxylic acids is 1. The van der Waals surface area contributed by atoms with Crippen molar-refractivity contribution in [2.24, 2.45) is 0 Å². The summed E-state index contributed by atoms with van der Waals surface area (Å²) < 4.78 is 32.5. The number of carboxylic acids is 1. The number of rotatable bonds is 5. The van der Waals surface area contributed by atoms with Gasteiger partial charge in [0, 0.05) is 35.9 Å². The summed E-state index contributed by atoms with van der Waals surface area (Å²) in [6, 6.07) is 9.88. The Morgan fingerprint density at radius 1 is 1.27 bits per heavy atom. The smallest absolute Gasteiger partial charge is 0.475 e. The standard InChI is InChI=1S/C22H24ClN5OS.C2HF3O2/c1-14-11-27(12-16-5-7-18-19(10-16)25-13-26-21(18)24)22(29)15(2)28(14)9-3-4-17-6-8-20(23)30-17;3-2(4,5)1(6)7/h3-8,10,13-15H,9,11-12H2,1-2H3,(H2,24,25,26);(H,6,7)/t14-,15-;/m0./s1. The first-order chi connectivity index (χ1) is 17.4. The summed E-state index contributed by atoms with van der Waals surface area (Å²) in [5.74, 6) is -2.15. The van der Waals surface area contributed by atoms with Crippen molar-refractivity contribution in [3.8, 4) is 0 Å². The van der Waals surface area contributed by atoms with Gasteiger partial charge in [0.2, 0.25) is 5.91 Å². The highest BCUT2D eigenvalue weighted by atomic mass is 35.5. The number of carboxylic acid groups (broad SMARTS) is 1. The molecule has 1 aromatic carbocycles. The molecule has 1 fully saturated rings. The highest BCUT2D eigenvalue weighted by Crippen LogP contribution is 2.24. The van der Waals surface area contributed by atoms with Crippen LogP contribution in [0.4, 0.5) is 19.0 Å². The van der Waals surface area contributed by atoms with Crippen LogP contribution < -0.4 is 5.73 Å². The van der Waals surface area contributed by atoms with Crippen LogP contribution >= 0.6 is 22.9 Å². The number of fused-ring (bicyclic) bond motifs is 1. The van der Waals surface area contributed by atoms with Crippen molar-refractivity contribution < 1.29 is 27.9 Å². The lowest BCUT2D eigenvalue weighted by molar-refractivity contribution is -0.192. The van der Waals surface area contributed by atoms with E-state index in [2.05, 4.69) is 33.9 Å². The quantitative estimate of drug-likeness (QED) is 0.469. The first kappa shape index (κ1) is 28.4. The molecule has 3 N–H and O–H groups in total. The van der Waals surface area contributed by atoms with Crippen molar-refractivity contribution >= 4 is 57.6 Å². The highest BCUT2D eigenvalue weighted by molar-refractivity contribution is 7.16. The Morgan fingerprint density at radius 3 is 2.59 bits per heavy atom. The van der Waals surface area contributed by atoms with E-state index in [-0.39, 0.29) is 18.0 Å². The number of thiophene rings is 1. The number of aromatic nitrogens is 2. The van der Waals surface area contributed by atoms with E-state index in [1.54, 1.807) is 11.3 Å². The molecule has 0 saturated carbocycles. The average molecular weight is 556 g/mol. The Labute approximate surface area is 220 Å². The molecule has 0 bridgehead atoms. The van der Waals surface area contributed by atoms with Crippen molar-refractivity contribution in [1.29, 1.82) is 0 Å². The van der Waals surface area contributed by atoms with E-state index in [1.165, 1.54) is 6.33 Å². The van der Waals surface area contributed by atoms with Crippen molar-refractivity contribution in [3.05, 3.63) is 57.5 Å². The van der Waals surface area contributed by atoms with Crippen LogP contribution in [0, 0.1) is 0 Å². The van der Waals surface area contributed by atoms with Gasteiger partial charge in [-0.05, 0) is 49.8 Å². The minimum absolute atomic E-state index is 0.142. The van der Waals surface area contributed by atoms with E-state index in [0.717, 1.165) is 32.2 Å². The predicted molar refractivity (Wildman–Crippen MR) is 137 cm³/mol. The molecule has 3 aromatic rings. The number of piperazine rings is 1. The van der Waals surface area contributed by atoms with Crippen LogP contribution in [0.15, 0.2) is 42.7 Å². The molecule has 198 valence electrons. The molecule has 13 heteroatoms. The number of hydrogen-bond acceptors (Lipinski definition) is 7. The molecule has 8 nitrogen and oxygen atoms in total. The van der Waals surface area contributed by atoms with Crippen LogP contribution in [-0.4, -0.2) is 68.1 Å². The predicted octanol–water partition coefficient (Wildman–Crippen LogP) is 4.69. The van der Waals surface area contributed by atoms with Gasteiger partial charge in [0.05, 0.1) is 15.9 Å². The minimum Gasteiger partial charge on any atom is -0.475 e. The van der Waals surface area contributed by atoms with Gasteiger partial charge >= 0.3 is 12.1 Å². The van der Waals surface area contributed by atoms with Gasteiger partial charge in [0.1, 0.15) is 12.1 Å². The average Bonchev–Trinajstić information content (AvgIpc) is 3.24. The molecule has 3 heterocycles. The van der Waals surface area contributed by atoms with Crippen LogP contribution in [0.5, 0.6) is 0 Å². The van der Waals surface area contributed by atoms with Crippen LogP contribution in [0.2, 0.25) is 4.34 Å². The molecule has 4 rings (SSSR count). The van der Waals surface area contributed by atoms with E-state index in [9.17, 15) is 18.0 Å². The summed E-state index contributed by atoms with van der Waals surface area (Å²) in [6.07, 6.45) is 0.550. The number of nitrogens with two attached hydrogens (primary N) is 1. The van der Waals surface area contributed by atoms with E-state index < -0.39 is 12.1 Å². The Bertz CT molecular complexity index is 1300. The maximum Gasteiger partial charge on any atom is 0.490 e. The summed E-state index contributed by atoms with van der Waals surface area (Å²) in [5, 5.41) is 7.96. The fraction of sp³-hybridized carbons (Fsp3) is 0.333. The molecule has 1 aliphatic rings. The first-order valence-electron chi connectivity index (χ1n) is 11.1. The molecule has 1 aliphatic heterocycles. The summed E-state index contributed by atoms with van der Waals surface area (Å²) in [6.45, 7) is 6.12. The number of amides is 1. The third-order valence-corrected chi connectivity index (χ3v) is 6.95. The number of aliphatic carboxylic acids is 1. The van der Waals surface area contributed by atoms with Crippen LogP contribution in [-0.2, 0) is 16.1 Å². The van der Waals surface area contributed by atoms with Gasteiger partial charge in [-0.1, -0.05) is 23.7 Å². The SMILES string of the molecule is C[C@H]1CN(Cc2ccc3c(N)ncnc3c2)C(=O)[C@H](C)N1CC=Cc1ccc(Cl)s1.O=C(O)C(F)(F)F. The summed E-state index contributed by atoms with van der Waals surface area (Å²) in [7, 11) is 0. The van der Waals surface area contributed by atoms with Gasteiger partial charge in [0.25, 0.3) is 0 Å². The van der Waals surface area contributed by atoms with E-state index in [0.29, 0.717) is 18.9 Å². The third-order valence-electron chi connectivity index (χ3n) is 5.76. The third kappa shape index (κ3) is 7.40. The van der Waals surface area contributed by atoms with Gasteiger partial charge < -0.3 is 15.7 Å². The molecule has 2 atom stereocenters. The molecule has 0 aliphatic carbocycles. The zero-order chi connectivity index (χ0) is 27.3. The minimum atomic E-state index is -5.08. The monoisotopic (exact) mass is 555 g/mol. The Balaban J connectivity index is 0.000000479. The van der Waals surface area contributed by atoms with Crippen LogP contribution in [0.25, 0.3) is 17.0 Å². The molecule has 1 amide bonds. The Morgan fingerprint density at radius 2 is 1.97 bits per heavy atom. The molecule has 0 unspecified atom stereocenters. The fourth-order valence-electron chi connectivity index (χ4n) is 3.93. The Hall–Kier alpha value is -3.22. The number of halogens is 4. The van der Waals surface area contributed by atoms with Crippen LogP contribution in [0.1, 0.15) is 24.3 Å². The summed E-state index contributed by atoms with van der Waals surface area (Å²) >= 11 is 7.53. The van der Waals surface area contributed by atoms with E-state index >= 15 is 0 Å². The van der Waals surface area contributed by atoms with Crippen molar-refractivity contribution in [3.63, 3.8) is 0 Å². The number of hydrogen-bond donors (Lipinski definition) is 2. The molecule has 0 radical (unpaired) electrons. The molecule has 1 saturated heterocycles. The molecule has 0 spiro atoms. The van der Waals surface area contributed by atoms with Gasteiger partial charge in [0.15, 0.2) is 0 Å². The zero-order valence-electron chi connectivity index (χ0n) is 19.9. The second-order valence-corrected chi connectivity index (χ2v) is 10.1. The van der Waals surface area contributed by atoms with Gasteiger partial charge in [-0.3, -0.25) is 9.69 Å². The maximum atomic E-state index is 13.0. The number of benzene rings is 1. The zero-order valence-corrected chi connectivity index (χ0v) is 21.5. The molecular formula is C24H25ClF3N5O3S. The van der Waals surface area contributed by atoms with Crippen molar-refractivity contribution in [1.82, 2.24) is 19.8 Å². The second-order valence-electron chi connectivity index (χ2n) is 8.40. The number of nitrogens with zero attached hydrogens (tertiary/aromatic N) is 4. The lowest BCUT2D eigenvalue weighted by atomic mass is 10.1. The van der Waals surface area contributed by atoms with Gasteiger partial charge in [-0.15, -0.1) is 11.3 Å². The van der Waals surface area contributed by atoms with Crippen molar-refractivity contribution in [2.45, 2.75) is 38.7 Å². The van der Waals surface area contributed by atoms with E-state index in [1.807, 2.05) is 42.2 Å². The maximum absolute atomic E-state index is 13.0. The van der Waals surface area contributed by atoms with Crippen LogP contribution in [0.3, 0.4) is 0 Å². The first-order valence-corrected chi connectivity index (χ1v) is 12.3. The fourth-order valence-corrected chi connectivity index (χ4v) is 4.92. The molecule has 2 aromatic heterocycles. The summed E-state index contributed by atoms with van der Waals surface area (Å²) in [5.41, 5.74) is 7.75. The largest absolute Gasteiger partial charge is 0.490 e. The molecular weight excluding hydrogens is 531 g/mol. The van der Waals surface area contributed by atoms with Crippen molar-refractivity contribution in [2.75, 3.05) is 18.8 Å². The second kappa shape index (κ2) is 11.9. The summed E-state index contributed by atoms with van der Waals surface area (Å²) in [4.78, 5) is 35.5. The van der Waals surface area contributed by atoms with Gasteiger partial charge in [-0.2, -0.15) is 13.2 Å². The molecule has 37 heavy (non-hydrogen) atoms. The highest BCUT2D eigenvalue weighted by Gasteiger charge is 2.38. The van der Waals surface area contributed by atoms with Gasteiger partial charge in [-0.25, -0.2) is 14.8 Å².